The smallest absolute Gasteiger partial charge is 0.310 e. The minimum atomic E-state index is -0.293. The van der Waals surface area contributed by atoms with Gasteiger partial charge >= 0.3 is 5.97 Å². The molecule has 0 saturated carbocycles. The average molecular weight is 293 g/mol. The number of nitrogens with two attached hydrogens (primary N) is 1. The molecular formula is C10H11BrClNO2. The zero-order valence-corrected chi connectivity index (χ0v) is 10.6. The molecule has 0 amide bonds. The van der Waals surface area contributed by atoms with Gasteiger partial charge in [0.25, 0.3) is 0 Å². The Kier molecular flexibility index (Phi) is 4.42. The molecule has 1 aromatic carbocycles. The molecule has 0 unspecified atom stereocenters. The lowest BCUT2D eigenvalue weighted by Gasteiger charge is -2.08. The first-order valence-electron chi connectivity index (χ1n) is 4.44. The van der Waals surface area contributed by atoms with Crippen LogP contribution in [-0.2, 0) is 16.0 Å². The first kappa shape index (κ1) is 12.3. The van der Waals surface area contributed by atoms with Gasteiger partial charge < -0.3 is 10.5 Å². The van der Waals surface area contributed by atoms with Crippen LogP contribution in [0.25, 0.3) is 0 Å². The van der Waals surface area contributed by atoms with E-state index in [1.807, 2.05) is 0 Å². The molecule has 0 aliphatic heterocycles. The summed E-state index contributed by atoms with van der Waals surface area (Å²) in [4.78, 5) is 11.2. The molecule has 15 heavy (non-hydrogen) atoms. The van der Waals surface area contributed by atoms with Crippen molar-refractivity contribution >= 4 is 39.2 Å². The summed E-state index contributed by atoms with van der Waals surface area (Å²) >= 11 is 9.09. The molecule has 0 heterocycles. The van der Waals surface area contributed by atoms with Crippen molar-refractivity contribution in [1.82, 2.24) is 0 Å². The van der Waals surface area contributed by atoms with E-state index in [2.05, 4.69) is 15.9 Å². The largest absolute Gasteiger partial charge is 0.466 e. The summed E-state index contributed by atoms with van der Waals surface area (Å²) in [7, 11) is 0. The molecule has 5 heteroatoms. The number of ether oxygens (including phenoxy) is 1. The molecule has 0 atom stereocenters. The Morgan fingerprint density at radius 1 is 1.60 bits per heavy atom. The first-order chi connectivity index (χ1) is 7.06. The molecule has 1 rings (SSSR count). The number of benzene rings is 1. The van der Waals surface area contributed by atoms with Crippen molar-refractivity contribution in [3.8, 4) is 0 Å². The monoisotopic (exact) mass is 291 g/mol. The molecule has 0 radical (unpaired) electrons. The van der Waals surface area contributed by atoms with Crippen LogP contribution in [0.4, 0.5) is 5.69 Å². The molecule has 0 saturated heterocycles. The quantitative estimate of drug-likeness (QED) is 0.688. The van der Waals surface area contributed by atoms with E-state index in [0.29, 0.717) is 27.4 Å². The minimum Gasteiger partial charge on any atom is -0.466 e. The molecule has 3 nitrogen and oxygen atoms in total. The topological polar surface area (TPSA) is 52.3 Å². The Morgan fingerprint density at radius 3 is 2.87 bits per heavy atom. The van der Waals surface area contributed by atoms with Crippen molar-refractivity contribution in [2.75, 3.05) is 12.3 Å². The van der Waals surface area contributed by atoms with Gasteiger partial charge in [-0.1, -0.05) is 17.7 Å². The molecule has 0 aromatic heterocycles. The fraction of sp³-hybridized carbons (Fsp3) is 0.300. The van der Waals surface area contributed by atoms with E-state index in [1.165, 1.54) is 0 Å². The molecule has 0 aliphatic rings. The average Bonchev–Trinajstić information content (AvgIpc) is 2.20. The number of carbonyl (C=O) groups excluding carboxylic acids is 1. The van der Waals surface area contributed by atoms with E-state index in [1.54, 1.807) is 19.1 Å². The van der Waals surface area contributed by atoms with Crippen molar-refractivity contribution in [1.29, 1.82) is 0 Å². The summed E-state index contributed by atoms with van der Waals surface area (Å²) < 4.78 is 5.44. The number of hydrogen-bond acceptors (Lipinski definition) is 3. The molecule has 82 valence electrons. The van der Waals surface area contributed by atoms with Crippen LogP contribution in [0.1, 0.15) is 12.5 Å². The molecule has 0 spiro atoms. The van der Waals surface area contributed by atoms with Crippen molar-refractivity contribution < 1.29 is 9.53 Å². The summed E-state index contributed by atoms with van der Waals surface area (Å²) in [5, 5.41) is 0.528. The van der Waals surface area contributed by atoms with Crippen LogP contribution in [0.5, 0.6) is 0 Å². The minimum absolute atomic E-state index is 0.162. The number of hydrogen-bond donors (Lipinski definition) is 1. The van der Waals surface area contributed by atoms with Crippen LogP contribution in [0.3, 0.4) is 0 Å². The second-order valence-electron chi connectivity index (χ2n) is 2.92. The van der Waals surface area contributed by atoms with Gasteiger partial charge in [0.1, 0.15) is 0 Å². The maximum atomic E-state index is 11.2. The second kappa shape index (κ2) is 5.37. The van der Waals surface area contributed by atoms with Gasteiger partial charge in [0, 0.05) is 0 Å². The highest BCUT2D eigenvalue weighted by molar-refractivity contribution is 9.10. The van der Waals surface area contributed by atoms with Crippen LogP contribution in [0, 0.1) is 0 Å². The number of nitrogen functional groups attached to an aromatic ring is 1. The van der Waals surface area contributed by atoms with E-state index in [4.69, 9.17) is 22.1 Å². The summed E-state index contributed by atoms with van der Waals surface area (Å²) in [6.45, 7) is 2.13. The summed E-state index contributed by atoms with van der Waals surface area (Å²) in [5.74, 6) is -0.293. The Labute approximate surface area is 102 Å². The van der Waals surface area contributed by atoms with Gasteiger partial charge in [0.2, 0.25) is 0 Å². The maximum Gasteiger partial charge on any atom is 0.310 e. The highest BCUT2D eigenvalue weighted by atomic mass is 79.9. The molecule has 1 aromatic rings. The third kappa shape index (κ3) is 3.11. The third-order valence-corrected chi connectivity index (χ3v) is 3.26. The predicted molar refractivity (Wildman–Crippen MR) is 63.9 cm³/mol. The zero-order chi connectivity index (χ0) is 11.4. The van der Waals surface area contributed by atoms with Gasteiger partial charge in [-0.25, -0.2) is 0 Å². The van der Waals surface area contributed by atoms with E-state index >= 15 is 0 Å². The normalized spacial score (nSPS) is 10.1. The zero-order valence-electron chi connectivity index (χ0n) is 8.22. The van der Waals surface area contributed by atoms with Crippen LogP contribution in [0.15, 0.2) is 16.6 Å². The number of carbonyl (C=O) groups is 1. The Bertz CT molecular complexity index is 382. The highest BCUT2D eigenvalue weighted by Crippen LogP contribution is 2.31. The summed E-state index contributed by atoms with van der Waals surface area (Å²) in [6.07, 6.45) is 0.162. The molecule has 2 N–H and O–H groups in total. The van der Waals surface area contributed by atoms with Crippen molar-refractivity contribution in [3.63, 3.8) is 0 Å². The van der Waals surface area contributed by atoms with Gasteiger partial charge in [-0.05, 0) is 34.5 Å². The second-order valence-corrected chi connectivity index (χ2v) is 4.12. The van der Waals surface area contributed by atoms with Gasteiger partial charge in [-0.3, -0.25) is 4.79 Å². The van der Waals surface area contributed by atoms with Crippen molar-refractivity contribution in [3.05, 3.63) is 27.2 Å². The van der Waals surface area contributed by atoms with Gasteiger partial charge in [0.15, 0.2) is 0 Å². The maximum absolute atomic E-state index is 11.2. The molecular weight excluding hydrogens is 281 g/mol. The van der Waals surface area contributed by atoms with Crippen LogP contribution in [-0.4, -0.2) is 12.6 Å². The lowest BCUT2D eigenvalue weighted by atomic mass is 10.1. The van der Waals surface area contributed by atoms with Gasteiger partial charge in [0.05, 0.1) is 28.2 Å². The standard InChI is InChI=1S/C10H11BrClNO2/c1-2-15-8(14)5-6-3-4-7(12)9(11)10(6)13/h3-4H,2,5,13H2,1H3. The third-order valence-electron chi connectivity index (χ3n) is 1.86. The number of esters is 1. The van der Waals surface area contributed by atoms with E-state index in [-0.39, 0.29) is 12.4 Å². The first-order valence-corrected chi connectivity index (χ1v) is 5.61. The summed E-state index contributed by atoms with van der Waals surface area (Å²) in [6, 6.07) is 3.41. The fourth-order valence-corrected chi connectivity index (χ4v) is 1.68. The lowest BCUT2D eigenvalue weighted by molar-refractivity contribution is -0.142. The fourth-order valence-electron chi connectivity index (χ4n) is 1.13. The summed E-state index contributed by atoms with van der Waals surface area (Å²) in [5.41, 5.74) is 6.98. The van der Waals surface area contributed by atoms with Crippen LogP contribution >= 0.6 is 27.5 Å². The SMILES string of the molecule is CCOC(=O)Cc1ccc(Cl)c(Br)c1N. The number of halogens is 2. The number of anilines is 1. The van der Waals surface area contributed by atoms with E-state index in [9.17, 15) is 4.79 Å². The molecule has 0 fully saturated rings. The molecule has 0 aliphatic carbocycles. The van der Waals surface area contributed by atoms with Crippen LogP contribution < -0.4 is 5.73 Å². The lowest BCUT2D eigenvalue weighted by Crippen LogP contribution is -2.09. The Balaban J connectivity index is 2.87. The van der Waals surface area contributed by atoms with Crippen molar-refractivity contribution in [2.24, 2.45) is 0 Å². The van der Waals surface area contributed by atoms with Gasteiger partial charge in [-0.15, -0.1) is 0 Å². The van der Waals surface area contributed by atoms with E-state index in [0.717, 1.165) is 0 Å². The van der Waals surface area contributed by atoms with Crippen LogP contribution in [0.2, 0.25) is 5.02 Å². The highest BCUT2D eigenvalue weighted by Gasteiger charge is 2.11. The number of rotatable bonds is 3. The van der Waals surface area contributed by atoms with Gasteiger partial charge in [-0.2, -0.15) is 0 Å². The van der Waals surface area contributed by atoms with Crippen molar-refractivity contribution in [2.45, 2.75) is 13.3 Å². The predicted octanol–water partition coefficient (Wildman–Crippen LogP) is 2.79. The Hall–Kier alpha value is -0.740. The van der Waals surface area contributed by atoms with E-state index < -0.39 is 0 Å². The Morgan fingerprint density at radius 2 is 2.27 bits per heavy atom. The molecule has 0 bridgehead atoms.